The molecule has 0 saturated carbocycles. The van der Waals surface area contributed by atoms with Crippen molar-refractivity contribution in [2.75, 3.05) is 0 Å². The van der Waals surface area contributed by atoms with Gasteiger partial charge in [-0.2, -0.15) is 4.80 Å². The first kappa shape index (κ1) is 30.5. The van der Waals surface area contributed by atoms with Crippen LogP contribution in [-0.4, -0.2) is 29.9 Å². The van der Waals surface area contributed by atoms with Gasteiger partial charge in [-0.25, -0.2) is 15.0 Å². The molecule has 0 aliphatic heterocycles. The molecule has 6 nitrogen and oxygen atoms in total. The van der Waals surface area contributed by atoms with Gasteiger partial charge < -0.3 is 0 Å². The van der Waals surface area contributed by atoms with Gasteiger partial charge in [0.05, 0.1) is 28.3 Å². The van der Waals surface area contributed by atoms with Crippen molar-refractivity contribution < 1.29 is 0 Å². The van der Waals surface area contributed by atoms with E-state index in [-0.39, 0.29) is 0 Å². The average molecular weight is 679 g/mol. The molecule has 53 heavy (non-hydrogen) atoms. The quantitative estimate of drug-likeness (QED) is 0.164. The highest BCUT2D eigenvalue weighted by atomic mass is 15.5. The molecule has 10 aromatic rings. The molecule has 0 aliphatic rings. The normalized spacial score (nSPS) is 11.4. The van der Waals surface area contributed by atoms with Crippen LogP contribution in [0.3, 0.4) is 0 Å². The summed E-state index contributed by atoms with van der Waals surface area (Å²) in [4.78, 5) is 17.2. The van der Waals surface area contributed by atoms with Crippen molar-refractivity contribution in [3.63, 3.8) is 0 Å². The first-order valence-corrected chi connectivity index (χ1v) is 17.6. The Labute approximate surface area is 305 Å². The van der Waals surface area contributed by atoms with Crippen LogP contribution in [0.25, 0.3) is 94.7 Å². The standard InChI is InChI=1S/C47H30N6/c1-5-14-32(15-6-1)41-30-42(49-47(48-41)35-18-9-3-10-19-35)33-26-24-31(25-27-33)37-22-13-23-38-43-39(44(50-45(37)38)34-16-7-2-8-17-34)28-29-40-46(43)52-53(51-40)36-20-11-4-12-21-36/h1-30H. The van der Waals surface area contributed by atoms with E-state index in [1.165, 1.54) is 0 Å². The molecule has 3 heterocycles. The van der Waals surface area contributed by atoms with Crippen molar-refractivity contribution in [2.45, 2.75) is 0 Å². The zero-order valence-electron chi connectivity index (χ0n) is 28.5. The van der Waals surface area contributed by atoms with Gasteiger partial charge in [0.25, 0.3) is 0 Å². The SMILES string of the molecule is c1ccc(-c2cc(-c3ccc(-c4cccc5c4nc(-c4ccccc4)c4ccc6nn(-c7ccccc7)nc6c45)cc3)nc(-c3ccccc3)n2)cc1. The summed E-state index contributed by atoms with van der Waals surface area (Å²) in [6.07, 6.45) is 0. The Balaban J connectivity index is 1.14. The number of aromatic nitrogens is 6. The first-order chi connectivity index (χ1) is 26.3. The number of benzene rings is 7. The molecule has 3 aromatic heterocycles. The minimum Gasteiger partial charge on any atom is -0.246 e. The molecule has 0 spiro atoms. The molecular weight excluding hydrogens is 649 g/mol. The van der Waals surface area contributed by atoms with Gasteiger partial charge in [-0.15, -0.1) is 10.2 Å². The molecule has 10 rings (SSSR count). The van der Waals surface area contributed by atoms with Gasteiger partial charge in [-0.05, 0) is 35.9 Å². The largest absolute Gasteiger partial charge is 0.246 e. The van der Waals surface area contributed by atoms with Gasteiger partial charge >= 0.3 is 0 Å². The van der Waals surface area contributed by atoms with Gasteiger partial charge in [0, 0.05) is 44.0 Å². The van der Waals surface area contributed by atoms with E-state index in [9.17, 15) is 0 Å². The second-order valence-corrected chi connectivity index (χ2v) is 13.0. The molecule has 0 N–H and O–H groups in total. The molecule has 0 atom stereocenters. The number of rotatable bonds is 6. The van der Waals surface area contributed by atoms with Crippen molar-refractivity contribution in [3.8, 4) is 62.0 Å². The molecule has 0 bridgehead atoms. The van der Waals surface area contributed by atoms with Crippen LogP contribution < -0.4 is 0 Å². The van der Waals surface area contributed by atoms with Crippen LogP contribution in [0.2, 0.25) is 0 Å². The van der Waals surface area contributed by atoms with Crippen LogP contribution >= 0.6 is 0 Å². The van der Waals surface area contributed by atoms with Crippen LogP contribution in [0.15, 0.2) is 182 Å². The van der Waals surface area contributed by atoms with Crippen LogP contribution in [0.4, 0.5) is 0 Å². The Hall–Kier alpha value is -7.31. The number of hydrogen-bond acceptors (Lipinski definition) is 5. The molecule has 0 fully saturated rings. The molecule has 0 aliphatic carbocycles. The van der Waals surface area contributed by atoms with E-state index < -0.39 is 0 Å². The highest BCUT2D eigenvalue weighted by Crippen LogP contribution is 2.40. The van der Waals surface area contributed by atoms with Gasteiger partial charge in [0.2, 0.25) is 0 Å². The number of nitrogens with zero attached hydrogens (tertiary/aromatic N) is 6. The third kappa shape index (κ3) is 5.50. The summed E-state index contributed by atoms with van der Waals surface area (Å²) in [5, 5.41) is 13.1. The number of para-hydroxylation sites is 2. The van der Waals surface area contributed by atoms with Crippen molar-refractivity contribution in [1.29, 1.82) is 0 Å². The molecule has 0 saturated heterocycles. The van der Waals surface area contributed by atoms with E-state index in [2.05, 4.69) is 91.0 Å². The highest BCUT2D eigenvalue weighted by Gasteiger charge is 2.19. The van der Waals surface area contributed by atoms with E-state index in [0.29, 0.717) is 5.82 Å². The Morgan fingerprint density at radius 2 is 0.962 bits per heavy atom. The van der Waals surface area contributed by atoms with E-state index in [1.54, 1.807) is 4.80 Å². The molecule has 0 amide bonds. The second kappa shape index (κ2) is 12.8. The van der Waals surface area contributed by atoms with Crippen molar-refractivity contribution >= 4 is 32.7 Å². The molecule has 0 unspecified atom stereocenters. The second-order valence-electron chi connectivity index (χ2n) is 13.0. The summed E-state index contributed by atoms with van der Waals surface area (Å²) < 4.78 is 0. The summed E-state index contributed by atoms with van der Waals surface area (Å²) in [5.74, 6) is 0.695. The lowest BCUT2D eigenvalue weighted by Gasteiger charge is -2.14. The zero-order valence-corrected chi connectivity index (χ0v) is 28.5. The third-order valence-electron chi connectivity index (χ3n) is 9.69. The fraction of sp³-hybridized carbons (Fsp3) is 0. The van der Waals surface area contributed by atoms with E-state index in [0.717, 1.165) is 88.9 Å². The van der Waals surface area contributed by atoms with E-state index >= 15 is 0 Å². The fourth-order valence-corrected chi connectivity index (χ4v) is 7.10. The summed E-state index contributed by atoms with van der Waals surface area (Å²) in [6.45, 7) is 0. The van der Waals surface area contributed by atoms with Crippen LogP contribution in [0, 0.1) is 0 Å². The maximum atomic E-state index is 5.42. The lowest BCUT2D eigenvalue weighted by atomic mass is 9.94. The first-order valence-electron chi connectivity index (χ1n) is 17.6. The Morgan fingerprint density at radius 1 is 0.377 bits per heavy atom. The lowest BCUT2D eigenvalue weighted by molar-refractivity contribution is 0.766. The van der Waals surface area contributed by atoms with Crippen LogP contribution in [-0.2, 0) is 0 Å². The van der Waals surface area contributed by atoms with Gasteiger partial charge in [0.1, 0.15) is 11.0 Å². The molecule has 0 radical (unpaired) electrons. The Kier molecular flexibility index (Phi) is 7.36. The lowest BCUT2D eigenvalue weighted by Crippen LogP contribution is -1.97. The topological polar surface area (TPSA) is 69.4 Å². The zero-order chi connectivity index (χ0) is 35.1. The van der Waals surface area contributed by atoms with Gasteiger partial charge in [0.15, 0.2) is 5.82 Å². The van der Waals surface area contributed by atoms with Crippen molar-refractivity contribution in [3.05, 3.63) is 182 Å². The Morgan fingerprint density at radius 3 is 1.64 bits per heavy atom. The minimum absolute atomic E-state index is 0.695. The molecule has 248 valence electrons. The van der Waals surface area contributed by atoms with E-state index in [4.69, 9.17) is 25.1 Å². The molecule has 7 aromatic carbocycles. The third-order valence-corrected chi connectivity index (χ3v) is 9.69. The van der Waals surface area contributed by atoms with Gasteiger partial charge in [-0.3, -0.25) is 0 Å². The maximum absolute atomic E-state index is 5.42. The predicted octanol–water partition coefficient (Wildman–Crippen LogP) is 11.2. The summed E-state index contributed by atoms with van der Waals surface area (Å²) >= 11 is 0. The van der Waals surface area contributed by atoms with E-state index in [1.807, 2.05) is 91.0 Å². The summed E-state index contributed by atoms with van der Waals surface area (Å²) in [6, 6.07) is 62.1. The van der Waals surface area contributed by atoms with Gasteiger partial charge in [-0.1, -0.05) is 152 Å². The smallest absolute Gasteiger partial charge is 0.160 e. The number of fused-ring (bicyclic) bond motifs is 5. The predicted molar refractivity (Wildman–Crippen MR) is 214 cm³/mol. The highest BCUT2D eigenvalue weighted by molar-refractivity contribution is 6.22. The van der Waals surface area contributed by atoms with Crippen LogP contribution in [0.1, 0.15) is 0 Å². The summed E-state index contributed by atoms with van der Waals surface area (Å²) in [7, 11) is 0. The fourth-order valence-electron chi connectivity index (χ4n) is 7.10. The van der Waals surface area contributed by atoms with Crippen LogP contribution in [0.5, 0.6) is 0 Å². The molecule has 6 heteroatoms. The minimum atomic E-state index is 0.695. The monoisotopic (exact) mass is 678 g/mol. The maximum Gasteiger partial charge on any atom is 0.160 e. The van der Waals surface area contributed by atoms with Crippen molar-refractivity contribution in [2.24, 2.45) is 0 Å². The summed E-state index contributed by atoms with van der Waals surface area (Å²) in [5.41, 5.74) is 12.3. The average Bonchev–Trinajstić information content (AvgIpc) is 3.69. The number of pyridine rings is 1. The molecular formula is C47H30N6. The van der Waals surface area contributed by atoms with Crippen molar-refractivity contribution in [1.82, 2.24) is 29.9 Å². The Bertz CT molecular complexity index is 2850. The number of hydrogen-bond donors (Lipinski definition) is 0.